The topological polar surface area (TPSA) is 88.4 Å². The van der Waals surface area contributed by atoms with Crippen molar-refractivity contribution in [3.8, 4) is 0 Å². The monoisotopic (exact) mass is 236 g/mol. The maximum absolute atomic E-state index is 9.62. The van der Waals surface area contributed by atoms with E-state index in [1.54, 1.807) is 0 Å². The standard InChI is InChI=1S/C10H20O6/c1-3-4-15-10-9(13)8(12)7(11)6(16-10)5-14-2/h6-13H,3-5H2,1-2H3. The molecule has 0 saturated carbocycles. The molecule has 3 N–H and O–H groups in total. The fourth-order valence-electron chi connectivity index (χ4n) is 1.59. The molecule has 0 radical (unpaired) electrons. The summed E-state index contributed by atoms with van der Waals surface area (Å²) in [5, 5.41) is 28.8. The second-order valence-electron chi connectivity index (χ2n) is 3.84. The quantitative estimate of drug-likeness (QED) is 0.559. The predicted molar refractivity (Wildman–Crippen MR) is 54.8 cm³/mol. The average Bonchev–Trinajstić information content (AvgIpc) is 2.28. The van der Waals surface area contributed by atoms with Gasteiger partial charge in [0.1, 0.15) is 24.4 Å². The summed E-state index contributed by atoms with van der Waals surface area (Å²) in [6.45, 7) is 2.48. The number of ether oxygens (including phenoxy) is 3. The van der Waals surface area contributed by atoms with Crippen LogP contribution in [-0.4, -0.2) is 66.3 Å². The fourth-order valence-corrected chi connectivity index (χ4v) is 1.59. The molecule has 1 rings (SSSR count). The molecule has 1 heterocycles. The van der Waals surface area contributed by atoms with Gasteiger partial charge in [-0.3, -0.25) is 0 Å². The maximum atomic E-state index is 9.62. The van der Waals surface area contributed by atoms with E-state index in [9.17, 15) is 15.3 Å². The summed E-state index contributed by atoms with van der Waals surface area (Å²) >= 11 is 0. The van der Waals surface area contributed by atoms with Gasteiger partial charge in [0.15, 0.2) is 6.29 Å². The van der Waals surface area contributed by atoms with Gasteiger partial charge in [0.2, 0.25) is 0 Å². The van der Waals surface area contributed by atoms with Crippen molar-refractivity contribution in [1.29, 1.82) is 0 Å². The van der Waals surface area contributed by atoms with E-state index in [1.165, 1.54) is 7.11 Å². The summed E-state index contributed by atoms with van der Waals surface area (Å²) in [5.74, 6) is 0. The van der Waals surface area contributed by atoms with Crippen LogP contribution in [0.15, 0.2) is 0 Å². The molecule has 0 amide bonds. The van der Waals surface area contributed by atoms with Crippen molar-refractivity contribution in [2.45, 2.75) is 44.1 Å². The zero-order valence-corrected chi connectivity index (χ0v) is 9.57. The lowest BCUT2D eigenvalue weighted by Crippen LogP contribution is -2.59. The molecular formula is C10H20O6. The van der Waals surface area contributed by atoms with Crippen LogP contribution in [0.5, 0.6) is 0 Å². The summed E-state index contributed by atoms with van der Waals surface area (Å²) in [4.78, 5) is 0. The Morgan fingerprint density at radius 2 is 1.81 bits per heavy atom. The van der Waals surface area contributed by atoms with E-state index in [0.29, 0.717) is 6.61 Å². The Kier molecular flexibility index (Phi) is 5.60. The molecule has 0 aromatic carbocycles. The predicted octanol–water partition coefficient (Wildman–Crippen LogP) is -1.13. The Hall–Kier alpha value is -0.240. The van der Waals surface area contributed by atoms with Crippen LogP contribution in [0.25, 0.3) is 0 Å². The van der Waals surface area contributed by atoms with Crippen LogP contribution in [0.4, 0.5) is 0 Å². The minimum absolute atomic E-state index is 0.136. The van der Waals surface area contributed by atoms with Crippen molar-refractivity contribution < 1.29 is 29.5 Å². The van der Waals surface area contributed by atoms with Gasteiger partial charge in [0, 0.05) is 13.7 Å². The maximum Gasteiger partial charge on any atom is 0.186 e. The van der Waals surface area contributed by atoms with Gasteiger partial charge in [-0.05, 0) is 6.42 Å². The molecule has 6 nitrogen and oxygen atoms in total. The number of rotatable bonds is 5. The van der Waals surface area contributed by atoms with Crippen molar-refractivity contribution in [2.75, 3.05) is 20.3 Å². The van der Waals surface area contributed by atoms with E-state index >= 15 is 0 Å². The van der Waals surface area contributed by atoms with Crippen molar-refractivity contribution in [3.63, 3.8) is 0 Å². The van der Waals surface area contributed by atoms with Crippen LogP contribution in [0.2, 0.25) is 0 Å². The lowest BCUT2D eigenvalue weighted by atomic mass is 9.99. The molecule has 5 atom stereocenters. The Morgan fingerprint density at radius 1 is 1.12 bits per heavy atom. The number of aliphatic hydroxyl groups is 3. The normalized spacial score (nSPS) is 39.9. The molecular weight excluding hydrogens is 216 g/mol. The molecule has 0 aliphatic carbocycles. The molecule has 5 unspecified atom stereocenters. The summed E-state index contributed by atoms with van der Waals surface area (Å²) < 4.78 is 15.4. The SMILES string of the molecule is CCCOC1OC(COC)C(O)C(O)C1O. The number of methoxy groups -OCH3 is 1. The third-order valence-corrected chi connectivity index (χ3v) is 2.49. The van der Waals surface area contributed by atoms with Crippen LogP contribution in [0.3, 0.4) is 0 Å². The average molecular weight is 236 g/mol. The van der Waals surface area contributed by atoms with Crippen molar-refractivity contribution in [3.05, 3.63) is 0 Å². The lowest BCUT2D eigenvalue weighted by Gasteiger charge is -2.39. The van der Waals surface area contributed by atoms with Crippen molar-refractivity contribution in [2.24, 2.45) is 0 Å². The van der Waals surface area contributed by atoms with E-state index in [-0.39, 0.29) is 6.61 Å². The molecule has 96 valence electrons. The lowest BCUT2D eigenvalue weighted by molar-refractivity contribution is -0.301. The van der Waals surface area contributed by atoms with Gasteiger partial charge in [-0.25, -0.2) is 0 Å². The number of hydrogen-bond donors (Lipinski definition) is 3. The van der Waals surface area contributed by atoms with Crippen molar-refractivity contribution >= 4 is 0 Å². The minimum atomic E-state index is -1.28. The largest absolute Gasteiger partial charge is 0.387 e. The van der Waals surface area contributed by atoms with Gasteiger partial charge >= 0.3 is 0 Å². The first-order chi connectivity index (χ1) is 7.61. The van der Waals surface area contributed by atoms with Gasteiger partial charge in [-0.15, -0.1) is 0 Å². The molecule has 1 fully saturated rings. The zero-order chi connectivity index (χ0) is 12.1. The van der Waals surface area contributed by atoms with E-state index in [4.69, 9.17) is 14.2 Å². The molecule has 0 bridgehead atoms. The molecule has 1 aliphatic rings. The molecule has 6 heteroatoms. The molecule has 16 heavy (non-hydrogen) atoms. The van der Waals surface area contributed by atoms with Crippen LogP contribution < -0.4 is 0 Å². The molecule has 1 saturated heterocycles. The highest BCUT2D eigenvalue weighted by molar-refractivity contribution is 4.89. The molecule has 0 aromatic rings. The zero-order valence-electron chi connectivity index (χ0n) is 9.57. The van der Waals surface area contributed by atoms with Gasteiger partial charge < -0.3 is 29.5 Å². The van der Waals surface area contributed by atoms with Gasteiger partial charge in [0.25, 0.3) is 0 Å². The molecule has 0 spiro atoms. The van der Waals surface area contributed by atoms with Crippen LogP contribution in [0.1, 0.15) is 13.3 Å². The third-order valence-electron chi connectivity index (χ3n) is 2.49. The first kappa shape index (κ1) is 13.8. The van der Waals surface area contributed by atoms with E-state index in [1.807, 2.05) is 6.92 Å². The Bertz CT molecular complexity index is 198. The second kappa shape index (κ2) is 6.48. The van der Waals surface area contributed by atoms with Crippen LogP contribution in [-0.2, 0) is 14.2 Å². The Morgan fingerprint density at radius 3 is 2.38 bits per heavy atom. The summed E-state index contributed by atoms with van der Waals surface area (Å²) in [5.41, 5.74) is 0. The highest BCUT2D eigenvalue weighted by Crippen LogP contribution is 2.22. The number of hydrogen-bond acceptors (Lipinski definition) is 6. The van der Waals surface area contributed by atoms with E-state index in [2.05, 4.69) is 0 Å². The Labute approximate surface area is 94.7 Å². The van der Waals surface area contributed by atoms with E-state index < -0.39 is 30.7 Å². The Balaban J connectivity index is 2.57. The minimum Gasteiger partial charge on any atom is -0.387 e. The van der Waals surface area contributed by atoms with Crippen molar-refractivity contribution in [1.82, 2.24) is 0 Å². The summed E-state index contributed by atoms with van der Waals surface area (Å²) in [7, 11) is 1.47. The fraction of sp³-hybridized carbons (Fsp3) is 1.00. The van der Waals surface area contributed by atoms with Gasteiger partial charge in [0.05, 0.1) is 6.61 Å². The highest BCUT2D eigenvalue weighted by atomic mass is 16.7. The second-order valence-corrected chi connectivity index (χ2v) is 3.84. The first-order valence-electron chi connectivity index (χ1n) is 5.42. The van der Waals surface area contributed by atoms with Crippen LogP contribution >= 0.6 is 0 Å². The third kappa shape index (κ3) is 3.13. The number of aliphatic hydroxyl groups excluding tert-OH is 3. The highest BCUT2D eigenvalue weighted by Gasteiger charge is 2.44. The van der Waals surface area contributed by atoms with E-state index in [0.717, 1.165) is 6.42 Å². The first-order valence-corrected chi connectivity index (χ1v) is 5.42. The smallest absolute Gasteiger partial charge is 0.186 e. The summed E-state index contributed by atoms with van der Waals surface area (Å²) in [6.07, 6.45) is -4.52. The molecule has 0 aromatic heterocycles. The van der Waals surface area contributed by atoms with Crippen LogP contribution in [0, 0.1) is 0 Å². The summed E-state index contributed by atoms with van der Waals surface area (Å²) in [6, 6.07) is 0. The van der Waals surface area contributed by atoms with Gasteiger partial charge in [-0.1, -0.05) is 6.92 Å². The molecule has 1 aliphatic heterocycles. The van der Waals surface area contributed by atoms with Gasteiger partial charge in [-0.2, -0.15) is 0 Å².